The summed E-state index contributed by atoms with van der Waals surface area (Å²) >= 11 is 13.5. The Hall–Kier alpha value is 0.0800. The van der Waals surface area contributed by atoms with Gasteiger partial charge in [-0.25, -0.2) is 4.98 Å². The van der Waals surface area contributed by atoms with E-state index in [0.717, 1.165) is 11.3 Å². The Balaban J connectivity index is 2.42. The summed E-state index contributed by atoms with van der Waals surface area (Å²) in [5.41, 5.74) is 1.15. The average molecular weight is 250 g/mol. The van der Waals surface area contributed by atoms with Gasteiger partial charge in [-0.15, -0.1) is 0 Å². The van der Waals surface area contributed by atoms with E-state index in [1.165, 1.54) is 18.6 Å². The van der Waals surface area contributed by atoms with Crippen LogP contribution >= 0.6 is 35.0 Å². The van der Waals surface area contributed by atoms with E-state index < -0.39 is 0 Å². The van der Waals surface area contributed by atoms with Crippen molar-refractivity contribution in [3.05, 3.63) is 28.0 Å². The van der Waals surface area contributed by atoms with Crippen molar-refractivity contribution in [3.63, 3.8) is 0 Å². The fourth-order valence-electron chi connectivity index (χ4n) is 1.03. The van der Waals surface area contributed by atoms with Crippen LogP contribution in [0.3, 0.4) is 0 Å². The van der Waals surface area contributed by atoms with E-state index in [4.69, 9.17) is 23.2 Å². The van der Waals surface area contributed by atoms with Crippen molar-refractivity contribution in [1.82, 2.24) is 4.98 Å². The van der Waals surface area contributed by atoms with E-state index in [9.17, 15) is 0 Å². The Morgan fingerprint density at radius 1 is 1.29 bits per heavy atom. The van der Waals surface area contributed by atoms with Crippen molar-refractivity contribution in [3.8, 4) is 0 Å². The van der Waals surface area contributed by atoms with Crippen LogP contribution in [0.25, 0.3) is 0 Å². The number of hydrogen-bond acceptors (Lipinski definition) is 2. The largest absolute Gasteiger partial charge is 0.224 e. The zero-order chi connectivity index (χ0) is 10.4. The van der Waals surface area contributed by atoms with Gasteiger partial charge in [0, 0.05) is 5.75 Å². The van der Waals surface area contributed by atoms with Crippen molar-refractivity contribution < 1.29 is 0 Å². The maximum atomic E-state index is 5.79. The molecule has 0 N–H and O–H groups in total. The maximum absolute atomic E-state index is 5.79. The summed E-state index contributed by atoms with van der Waals surface area (Å²) < 4.78 is 0. The molecule has 14 heavy (non-hydrogen) atoms. The number of hydrogen-bond donors (Lipinski definition) is 0. The molecule has 0 atom stereocenters. The smallest absolute Gasteiger partial charge is 0.131 e. The third-order valence-electron chi connectivity index (χ3n) is 1.73. The first-order valence-electron chi connectivity index (χ1n) is 4.62. The molecule has 0 fully saturated rings. The fourth-order valence-corrected chi connectivity index (χ4v) is 2.58. The molecule has 0 unspecified atom stereocenters. The lowest BCUT2D eigenvalue weighted by Gasteiger charge is -2.02. The van der Waals surface area contributed by atoms with Crippen molar-refractivity contribution >= 4 is 35.0 Å². The first kappa shape index (κ1) is 12.2. The molecule has 0 aromatic carbocycles. The van der Waals surface area contributed by atoms with Gasteiger partial charge in [0.25, 0.3) is 0 Å². The van der Waals surface area contributed by atoms with Gasteiger partial charge < -0.3 is 0 Å². The summed E-state index contributed by atoms with van der Waals surface area (Å²) in [6, 6.07) is 3.73. The minimum absolute atomic E-state index is 0.476. The van der Waals surface area contributed by atoms with Gasteiger partial charge >= 0.3 is 0 Å². The van der Waals surface area contributed by atoms with Crippen molar-refractivity contribution in [2.75, 3.05) is 5.75 Å². The Morgan fingerprint density at radius 2 is 1.93 bits per heavy atom. The van der Waals surface area contributed by atoms with Crippen LogP contribution in [0.1, 0.15) is 25.3 Å². The lowest BCUT2D eigenvalue weighted by atomic mass is 10.3. The molecule has 0 amide bonds. The molecule has 0 saturated heterocycles. The Morgan fingerprint density at radius 3 is 2.50 bits per heavy atom. The van der Waals surface area contributed by atoms with Crippen molar-refractivity contribution in [2.24, 2.45) is 0 Å². The Kier molecular flexibility index (Phi) is 5.68. The normalized spacial score (nSPS) is 10.5. The van der Waals surface area contributed by atoms with Crippen molar-refractivity contribution in [2.45, 2.75) is 25.5 Å². The molecule has 1 aromatic rings. The zero-order valence-corrected chi connectivity index (χ0v) is 10.4. The predicted octanol–water partition coefficient (Wildman–Crippen LogP) is 4.42. The molecule has 0 bridgehead atoms. The summed E-state index contributed by atoms with van der Waals surface area (Å²) in [5, 5.41) is 0.951. The van der Waals surface area contributed by atoms with Gasteiger partial charge in [-0.1, -0.05) is 36.5 Å². The summed E-state index contributed by atoms with van der Waals surface area (Å²) in [7, 11) is 0. The summed E-state index contributed by atoms with van der Waals surface area (Å²) in [4.78, 5) is 3.90. The highest BCUT2D eigenvalue weighted by atomic mass is 35.5. The molecule has 0 aliphatic rings. The minimum atomic E-state index is 0.476. The Bertz CT molecular complexity index is 271. The van der Waals surface area contributed by atoms with Crippen LogP contribution in [-0.2, 0) is 5.75 Å². The highest BCUT2D eigenvalue weighted by molar-refractivity contribution is 7.98. The van der Waals surface area contributed by atoms with Gasteiger partial charge in [0.05, 0.1) is 0 Å². The number of nitrogens with zero attached hydrogens (tertiary/aromatic N) is 1. The van der Waals surface area contributed by atoms with Crippen LogP contribution in [-0.4, -0.2) is 10.7 Å². The first-order valence-corrected chi connectivity index (χ1v) is 6.53. The van der Waals surface area contributed by atoms with Crippen LogP contribution in [0.15, 0.2) is 12.1 Å². The van der Waals surface area contributed by atoms with Gasteiger partial charge in [0.2, 0.25) is 0 Å². The van der Waals surface area contributed by atoms with Crippen LogP contribution < -0.4 is 0 Å². The van der Waals surface area contributed by atoms with Crippen LogP contribution in [0.2, 0.25) is 10.3 Å². The van der Waals surface area contributed by atoms with Crippen LogP contribution in [0.5, 0.6) is 0 Å². The summed E-state index contributed by atoms with van der Waals surface area (Å²) in [6.45, 7) is 2.20. The standard InChI is InChI=1S/C10H13Cl2NS/c1-2-3-4-14-7-8-5-9(11)13-10(12)6-8/h5-6H,2-4,7H2,1H3. The van der Waals surface area contributed by atoms with Gasteiger partial charge in [-0.05, 0) is 29.9 Å². The SMILES string of the molecule is CCCCSCc1cc(Cl)nc(Cl)c1. The van der Waals surface area contributed by atoms with E-state index in [0.29, 0.717) is 10.3 Å². The van der Waals surface area contributed by atoms with E-state index in [2.05, 4.69) is 11.9 Å². The third-order valence-corrected chi connectivity index (χ3v) is 3.24. The number of pyridine rings is 1. The Labute approximate surface area is 99.2 Å². The molecule has 0 aliphatic heterocycles. The second kappa shape index (κ2) is 6.54. The molecule has 0 radical (unpaired) electrons. The number of thioether (sulfide) groups is 1. The fraction of sp³-hybridized carbons (Fsp3) is 0.500. The molecule has 0 saturated carbocycles. The van der Waals surface area contributed by atoms with Crippen LogP contribution in [0.4, 0.5) is 0 Å². The molecule has 1 rings (SSSR count). The number of rotatable bonds is 5. The molecule has 78 valence electrons. The van der Waals surface area contributed by atoms with E-state index in [-0.39, 0.29) is 0 Å². The molecule has 1 heterocycles. The number of unbranched alkanes of at least 4 members (excludes halogenated alkanes) is 1. The molecule has 0 aliphatic carbocycles. The monoisotopic (exact) mass is 249 g/mol. The molecule has 0 spiro atoms. The number of aromatic nitrogens is 1. The molecular formula is C10H13Cl2NS. The van der Waals surface area contributed by atoms with Gasteiger partial charge in [0.1, 0.15) is 10.3 Å². The zero-order valence-electron chi connectivity index (χ0n) is 8.09. The second-order valence-electron chi connectivity index (χ2n) is 3.03. The number of halogens is 2. The maximum Gasteiger partial charge on any atom is 0.131 e. The molecular weight excluding hydrogens is 237 g/mol. The molecule has 1 nitrogen and oxygen atoms in total. The molecule has 1 aromatic heterocycles. The third kappa shape index (κ3) is 4.54. The quantitative estimate of drug-likeness (QED) is 0.566. The molecule has 4 heteroatoms. The second-order valence-corrected chi connectivity index (χ2v) is 4.91. The van der Waals surface area contributed by atoms with E-state index >= 15 is 0 Å². The van der Waals surface area contributed by atoms with E-state index in [1.54, 1.807) is 0 Å². The first-order chi connectivity index (χ1) is 6.72. The van der Waals surface area contributed by atoms with Crippen molar-refractivity contribution in [1.29, 1.82) is 0 Å². The van der Waals surface area contributed by atoms with Gasteiger partial charge in [-0.2, -0.15) is 11.8 Å². The lowest BCUT2D eigenvalue weighted by molar-refractivity contribution is 0.896. The van der Waals surface area contributed by atoms with Gasteiger partial charge in [-0.3, -0.25) is 0 Å². The predicted molar refractivity (Wildman–Crippen MR) is 65.3 cm³/mol. The highest BCUT2D eigenvalue weighted by Crippen LogP contribution is 2.19. The topological polar surface area (TPSA) is 12.9 Å². The lowest BCUT2D eigenvalue weighted by Crippen LogP contribution is -1.86. The highest BCUT2D eigenvalue weighted by Gasteiger charge is 1.99. The summed E-state index contributed by atoms with van der Waals surface area (Å²) in [5.74, 6) is 2.15. The van der Waals surface area contributed by atoms with E-state index in [1.807, 2.05) is 23.9 Å². The van der Waals surface area contributed by atoms with Gasteiger partial charge in [0.15, 0.2) is 0 Å². The minimum Gasteiger partial charge on any atom is -0.224 e. The van der Waals surface area contributed by atoms with Crippen LogP contribution in [0, 0.1) is 0 Å². The average Bonchev–Trinajstić information content (AvgIpc) is 2.11. The summed E-state index contributed by atoms with van der Waals surface area (Å²) in [6.07, 6.45) is 2.50.